The Labute approximate surface area is 147 Å². The smallest absolute Gasteiger partial charge is 0.313 e. The van der Waals surface area contributed by atoms with Crippen LogP contribution in [0.2, 0.25) is 5.02 Å². The topological polar surface area (TPSA) is 85.8 Å². The van der Waals surface area contributed by atoms with E-state index in [2.05, 4.69) is 15.3 Å². The van der Waals surface area contributed by atoms with E-state index in [4.69, 9.17) is 16.7 Å². The fourth-order valence-electron chi connectivity index (χ4n) is 2.26. The molecule has 2 aromatic heterocycles. The number of hydrogen-bond donors (Lipinski definition) is 1. The molecule has 0 aliphatic rings. The number of aromatic nitrogens is 5. The Morgan fingerprint density at radius 2 is 2.12 bits per heavy atom. The van der Waals surface area contributed by atoms with Crippen molar-refractivity contribution in [2.45, 2.75) is 18.1 Å². The Hall–Kier alpha value is -2.32. The lowest BCUT2D eigenvalue weighted by Gasteiger charge is -2.16. The highest BCUT2D eigenvalue weighted by molar-refractivity contribution is 7.99. The van der Waals surface area contributed by atoms with Gasteiger partial charge in [0.05, 0.1) is 16.5 Å². The van der Waals surface area contributed by atoms with Gasteiger partial charge in [-0.3, -0.25) is 14.0 Å². The molecule has 2 heterocycles. The van der Waals surface area contributed by atoms with E-state index >= 15 is 0 Å². The molecule has 0 bridgehead atoms. The van der Waals surface area contributed by atoms with E-state index in [1.54, 1.807) is 21.5 Å². The number of para-hydroxylation sites is 1. The van der Waals surface area contributed by atoms with Gasteiger partial charge in [-0.05, 0) is 25.1 Å². The van der Waals surface area contributed by atoms with Gasteiger partial charge in [0.1, 0.15) is 6.04 Å². The fraction of sp³-hybridized carbons (Fsp3) is 0.200. The summed E-state index contributed by atoms with van der Waals surface area (Å²) in [4.78, 5) is 10.9. The quantitative estimate of drug-likeness (QED) is 0.678. The summed E-state index contributed by atoms with van der Waals surface area (Å²) in [6, 6.07) is 8.93. The number of aliphatic carboxylic acids is 1. The van der Waals surface area contributed by atoms with Crippen LogP contribution >= 0.6 is 23.4 Å². The average molecular weight is 364 g/mol. The molecule has 3 rings (SSSR count). The predicted octanol–water partition coefficient (Wildman–Crippen LogP) is 2.90. The van der Waals surface area contributed by atoms with Crippen LogP contribution in [0, 0.1) is 0 Å². The Bertz CT molecular complexity index is 849. The summed E-state index contributed by atoms with van der Waals surface area (Å²) in [5, 5.41) is 22.6. The molecule has 0 radical (unpaired) electrons. The summed E-state index contributed by atoms with van der Waals surface area (Å²) in [6.07, 6.45) is 3.52. The number of carbonyl (C=O) groups is 1. The van der Waals surface area contributed by atoms with Crippen LogP contribution in [0.5, 0.6) is 0 Å². The maximum absolute atomic E-state index is 10.9. The lowest BCUT2D eigenvalue weighted by Crippen LogP contribution is -2.14. The summed E-state index contributed by atoms with van der Waals surface area (Å²) in [6.45, 7) is 1.94. The van der Waals surface area contributed by atoms with Crippen LogP contribution in [0.3, 0.4) is 0 Å². The minimum atomic E-state index is -0.921. The molecule has 0 aliphatic heterocycles. The van der Waals surface area contributed by atoms with Gasteiger partial charge in [-0.25, -0.2) is 0 Å². The Balaban J connectivity index is 2.09. The number of carboxylic acid groups (broad SMARTS) is 1. The first-order valence-corrected chi connectivity index (χ1v) is 8.48. The van der Waals surface area contributed by atoms with Crippen molar-refractivity contribution in [1.82, 2.24) is 24.5 Å². The Kier molecular flexibility index (Phi) is 4.86. The number of nitrogens with zero attached hydrogens (tertiary/aromatic N) is 5. The molecule has 124 valence electrons. The van der Waals surface area contributed by atoms with E-state index in [0.29, 0.717) is 21.7 Å². The van der Waals surface area contributed by atoms with E-state index in [-0.39, 0.29) is 11.8 Å². The number of rotatable bonds is 6. The van der Waals surface area contributed by atoms with Crippen molar-refractivity contribution in [2.75, 3.05) is 5.75 Å². The first kappa shape index (κ1) is 16.5. The van der Waals surface area contributed by atoms with Crippen molar-refractivity contribution in [3.8, 4) is 5.69 Å². The standard InChI is InChI=1S/C15H14ClN5O2S/c1-10(20-8-4-7-17-20)14-18-19-15(24-9-13(22)23)21(14)12-6-3-2-5-11(12)16/h2-8,10H,9H2,1H3,(H,22,23). The van der Waals surface area contributed by atoms with Crippen molar-refractivity contribution in [3.05, 3.63) is 53.6 Å². The third-order valence-electron chi connectivity index (χ3n) is 3.37. The van der Waals surface area contributed by atoms with Crippen molar-refractivity contribution in [3.63, 3.8) is 0 Å². The summed E-state index contributed by atoms with van der Waals surface area (Å²) in [5.74, 6) is -0.409. The molecule has 0 amide bonds. The fourth-order valence-corrected chi connectivity index (χ4v) is 3.15. The third-order valence-corrected chi connectivity index (χ3v) is 4.61. The van der Waals surface area contributed by atoms with Gasteiger partial charge in [0, 0.05) is 12.4 Å². The zero-order valence-electron chi connectivity index (χ0n) is 12.7. The summed E-state index contributed by atoms with van der Waals surface area (Å²) < 4.78 is 3.53. The molecule has 0 aliphatic carbocycles. The molecular formula is C15H14ClN5O2S. The summed E-state index contributed by atoms with van der Waals surface area (Å²) >= 11 is 7.42. The number of halogens is 1. The molecule has 9 heteroatoms. The van der Waals surface area contributed by atoms with Gasteiger partial charge in [0.25, 0.3) is 0 Å². The van der Waals surface area contributed by atoms with Crippen molar-refractivity contribution >= 4 is 29.3 Å². The third kappa shape index (κ3) is 3.29. The predicted molar refractivity (Wildman–Crippen MR) is 90.8 cm³/mol. The molecule has 0 spiro atoms. The largest absolute Gasteiger partial charge is 0.481 e. The van der Waals surface area contributed by atoms with Crippen LogP contribution in [-0.4, -0.2) is 41.4 Å². The highest BCUT2D eigenvalue weighted by Gasteiger charge is 2.22. The van der Waals surface area contributed by atoms with E-state index in [1.807, 2.05) is 37.4 Å². The monoisotopic (exact) mass is 363 g/mol. The van der Waals surface area contributed by atoms with Crippen LogP contribution in [0.15, 0.2) is 47.9 Å². The van der Waals surface area contributed by atoms with E-state index in [9.17, 15) is 4.79 Å². The van der Waals surface area contributed by atoms with Crippen LogP contribution in [0.1, 0.15) is 18.8 Å². The second kappa shape index (κ2) is 7.06. The van der Waals surface area contributed by atoms with Gasteiger partial charge in [0.15, 0.2) is 11.0 Å². The average Bonchev–Trinajstić information content (AvgIpc) is 3.22. The maximum Gasteiger partial charge on any atom is 0.313 e. The van der Waals surface area contributed by atoms with E-state index < -0.39 is 5.97 Å². The number of benzene rings is 1. The molecule has 7 nitrogen and oxygen atoms in total. The summed E-state index contributed by atoms with van der Waals surface area (Å²) in [5.41, 5.74) is 0.700. The molecule has 1 aromatic carbocycles. The van der Waals surface area contributed by atoms with Crippen LogP contribution in [0.25, 0.3) is 5.69 Å². The van der Waals surface area contributed by atoms with Gasteiger partial charge in [-0.15, -0.1) is 10.2 Å². The first-order valence-electron chi connectivity index (χ1n) is 7.12. The first-order chi connectivity index (χ1) is 11.6. The second-order valence-electron chi connectivity index (χ2n) is 4.97. The van der Waals surface area contributed by atoms with E-state index in [0.717, 1.165) is 11.8 Å². The van der Waals surface area contributed by atoms with Crippen molar-refractivity contribution in [2.24, 2.45) is 0 Å². The van der Waals surface area contributed by atoms with Crippen LogP contribution < -0.4 is 0 Å². The summed E-state index contributed by atoms with van der Waals surface area (Å²) in [7, 11) is 0. The molecule has 1 unspecified atom stereocenters. The molecule has 0 saturated heterocycles. The maximum atomic E-state index is 10.9. The van der Waals surface area contributed by atoms with Gasteiger partial charge in [0.2, 0.25) is 0 Å². The van der Waals surface area contributed by atoms with Gasteiger partial charge in [-0.2, -0.15) is 5.10 Å². The van der Waals surface area contributed by atoms with Crippen molar-refractivity contribution < 1.29 is 9.90 Å². The molecule has 3 aromatic rings. The zero-order valence-corrected chi connectivity index (χ0v) is 14.3. The molecule has 0 fully saturated rings. The minimum Gasteiger partial charge on any atom is -0.481 e. The van der Waals surface area contributed by atoms with Gasteiger partial charge in [-0.1, -0.05) is 35.5 Å². The lowest BCUT2D eigenvalue weighted by molar-refractivity contribution is -0.133. The van der Waals surface area contributed by atoms with Crippen molar-refractivity contribution in [1.29, 1.82) is 0 Å². The number of thioether (sulfide) groups is 1. The molecule has 24 heavy (non-hydrogen) atoms. The highest BCUT2D eigenvalue weighted by Crippen LogP contribution is 2.30. The van der Waals surface area contributed by atoms with E-state index in [1.165, 1.54) is 0 Å². The number of hydrogen-bond acceptors (Lipinski definition) is 5. The Morgan fingerprint density at radius 3 is 2.79 bits per heavy atom. The van der Waals surface area contributed by atoms with Gasteiger partial charge >= 0.3 is 5.97 Å². The molecule has 1 atom stereocenters. The molecule has 0 saturated carbocycles. The van der Waals surface area contributed by atoms with Crippen LogP contribution in [-0.2, 0) is 4.79 Å². The van der Waals surface area contributed by atoms with Crippen LogP contribution in [0.4, 0.5) is 0 Å². The number of carboxylic acids is 1. The SMILES string of the molecule is CC(c1nnc(SCC(=O)O)n1-c1ccccc1Cl)n1cccn1. The lowest BCUT2D eigenvalue weighted by atomic mass is 10.2. The molecule has 1 N–H and O–H groups in total. The second-order valence-corrected chi connectivity index (χ2v) is 6.32. The Morgan fingerprint density at radius 1 is 1.33 bits per heavy atom. The zero-order chi connectivity index (χ0) is 17.1. The highest BCUT2D eigenvalue weighted by atomic mass is 35.5. The minimum absolute atomic E-state index is 0.112. The van der Waals surface area contributed by atoms with Gasteiger partial charge < -0.3 is 5.11 Å². The normalized spacial score (nSPS) is 12.2. The molecular weight excluding hydrogens is 350 g/mol.